The van der Waals surface area contributed by atoms with Crippen molar-refractivity contribution in [3.8, 4) is 6.07 Å². The fraction of sp³-hybridized carbons (Fsp3) is 0.541. The Balaban J connectivity index is 1.06. The molecule has 50 heavy (non-hydrogen) atoms. The van der Waals surface area contributed by atoms with Crippen molar-refractivity contribution in [2.45, 2.75) is 84.2 Å². The molecule has 1 aromatic carbocycles. The summed E-state index contributed by atoms with van der Waals surface area (Å²) >= 11 is 1.07. The minimum atomic E-state index is -4.26. The second-order valence-corrected chi connectivity index (χ2v) is 14.7. The predicted molar refractivity (Wildman–Crippen MR) is 192 cm³/mol. The van der Waals surface area contributed by atoms with E-state index in [0.717, 1.165) is 93.9 Å². The standard InChI is InChI=1S/C37H46F4N8S/c1-4-29(6-5-11-38)48-16-14-47(15-17-48)25(2)22-49-30(21-42)18-32-26(3)27(7-8-34(32)49)23-46-12-9-28(10-13-46)45-35-33-19-31(20-37(39,40)41)50-36(33)44-24-43-35/h4,7-8,18-19,24-25,28H,5-6,9-17,20,22-23H2,1-3H3,(H,43,44,45)/b29-4+/t25-/m0/s1. The Bertz CT molecular complexity index is 1840. The van der Waals surface area contributed by atoms with E-state index in [0.29, 0.717) is 28.1 Å². The van der Waals surface area contributed by atoms with Gasteiger partial charge >= 0.3 is 6.18 Å². The Morgan fingerprint density at radius 2 is 1.86 bits per heavy atom. The summed E-state index contributed by atoms with van der Waals surface area (Å²) in [6.07, 6.45) is 1.44. The quantitative estimate of drug-likeness (QED) is 0.151. The highest BCUT2D eigenvalue weighted by atomic mass is 32.1. The van der Waals surface area contributed by atoms with Crippen LogP contribution in [0.25, 0.3) is 21.1 Å². The summed E-state index contributed by atoms with van der Waals surface area (Å²) in [6, 6.07) is 10.8. The maximum atomic E-state index is 13.0. The van der Waals surface area contributed by atoms with Gasteiger partial charge in [0.15, 0.2) is 0 Å². The van der Waals surface area contributed by atoms with E-state index in [9.17, 15) is 22.8 Å². The number of piperidine rings is 1. The van der Waals surface area contributed by atoms with Gasteiger partial charge in [0.05, 0.1) is 18.5 Å². The molecule has 0 spiro atoms. The molecular formula is C37H46F4N8S. The highest BCUT2D eigenvalue weighted by Gasteiger charge is 2.30. The van der Waals surface area contributed by atoms with Gasteiger partial charge in [-0.25, -0.2) is 9.97 Å². The molecule has 1 atom stereocenters. The number of thiophene rings is 1. The van der Waals surface area contributed by atoms with E-state index in [1.54, 1.807) is 6.07 Å². The predicted octanol–water partition coefficient (Wildman–Crippen LogP) is 7.67. The van der Waals surface area contributed by atoms with Crippen LogP contribution in [0.1, 0.15) is 61.2 Å². The number of benzene rings is 1. The van der Waals surface area contributed by atoms with E-state index >= 15 is 0 Å². The molecule has 13 heteroatoms. The third-order valence-electron chi connectivity index (χ3n) is 10.3. The van der Waals surface area contributed by atoms with E-state index in [2.05, 4.69) is 72.7 Å². The van der Waals surface area contributed by atoms with Gasteiger partial charge in [-0.1, -0.05) is 12.1 Å². The van der Waals surface area contributed by atoms with Crippen LogP contribution in [0.3, 0.4) is 0 Å². The lowest BCUT2D eigenvalue weighted by Crippen LogP contribution is -2.50. The lowest BCUT2D eigenvalue weighted by molar-refractivity contribution is -0.126. The first-order chi connectivity index (χ1) is 24.1. The molecule has 0 aliphatic carbocycles. The molecule has 8 nitrogen and oxygen atoms in total. The molecule has 2 aliphatic heterocycles. The van der Waals surface area contributed by atoms with E-state index in [-0.39, 0.29) is 23.6 Å². The van der Waals surface area contributed by atoms with E-state index < -0.39 is 12.6 Å². The lowest BCUT2D eigenvalue weighted by atomic mass is 10.0. The number of hydrogen-bond donors (Lipinski definition) is 1. The van der Waals surface area contributed by atoms with Crippen LogP contribution in [0.4, 0.5) is 23.4 Å². The number of allylic oxidation sites excluding steroid dienone is 2. The van der Waals surface area contributed by atoms with Crippen LogP contribution in [0, 0.1) is 18.3 Å². The molecule has 0 unspecified atom stereocenters. The third-order valence-corrected chi connectivity index (χ3v) is 11.4. The van der Waals surface area contributed by atoms with Crippen molar-refractivity contribution in [1.29, 1.82) is 5.26 Å². The van der Waals surface area contributed by atoms with Crippen LogP contribution in [-0.4, -0.2) is 93.4 Å². The summed E-state index contributed by atoms with van der Waals surface area (Å²) < 4.78 is 53.8. The molecule has 268 valence electrons. The van der Waals surface area contributed by atoms with Crippen molar-refractivity contribution in [3.05, 3.63) is 64.1 Å². The Hall–Kier alpha value is -3.73. The van der Waals surface area contributed by atoms with Gasteiger partial charge < -0.3 is 14.8 Å². The molecular weight excluding hydrogens is 665 g/mol. The van der Waals surface area contributed by atoms with Crippen molar-refractivity contribution in [2.24, 2.45) is 0 Å². The molecule has 0 amide bonds. The second kappa shape index (κ2) is 15.7. The average Bonchev–Trinajstić information content (AvgIpc) is 3.68. The Labute approximate surface area is 295 Å². The largest absolute Gasteiger partial charge is 0.393 e. The normalized spacial score (nSPS) is 17.9. The number of aromatic nitrogens is 3. The first-order valence-electron chi connectivity index (χ1n) is 17.6. The van der Waals surface area contributed by atoms with Gasteiger partial charge in [0.25, 0.3) is 0 Å². The average molecular weight is 711 g/mol. The summed E-state index contributed by atoms with van der Waals surface area (Å²) in [5, 5.41) is 15.4. The number of nitrogens with zero attached hydrogens (tertiary/aromatic N) is 7. The smallest absolute Gasteiger partial charge is 0.373 e. The first-order valence-corrected chi connectivity index (χ1v) is 18.4. The molecule has 4 aromatic rings. The number of anilines is 1. The van der Waals surface area contributed by atoms with Gasteiger partial charge in [0.2, 0.25) is 0 Å². The van der Waals surface area contributed by atoms with Crippen molar-refractivity contribution in [2.75, 3.05) is 51.3 Å². The Kier molecular flexibility index (Phi) is 11.3. The first kappa shape index (κ1) is 36.1. The van der Waals surface area contributed by atoms with E-state index in [1.165, 1.54) is 23.2 Å². The summed E-state index contributed by atoms with van der Waals surface area (Å²) in [5.41, 5.74) is 5.44. The summed E-state index contributed by atoms with van der Waals surface area (Å²) in [7, 11) is 0. The topological polar surface area (TPSA) is 76.2 Å². The summed E-state index contributed by atoms with van der Waals surface area (Å²) in [5.74, 6) is 0.599. The lowest BCUT2D eigenvalue weighted by Gasteiger charge is -2.40. The minimum absolute atomic E-state index is 0.169. The number of aryl methyl sites for hydroxylation is 1. The van der Waals surface area contributed by atoms with Crippen LogP contribution in [-0.2, 0) is 19.5 Å². The zero-order chi connectivity index (χ0) is 35.4. The van der Waals surface area contributed by atoms with Gasteiger partial charge in [0.1, 0.15) is 28.7 Å². The number of likely N-dealkylation sites (tertiary alicyclic amines) is 1. The van der Waals surface area contributed by atoms with E-state index in [1.807, 2.05) is 13.0 Å². The molecule has 0 bridgehead atoms. The summed E-state index contributed by atoms with van der Waals surface area (Å²) in [4.78, 5) is 16.7. The zero-order valence-electron chi connectivity index (χ0n) is 29.1. The van der Waals surface area contributed by atoms with Gasteiger partial charge in [-0.3, -0.25) is 14.2 Å². The fourth-order valence-electron chi connectivity index (χ4n) is 7.52. The monoisotopic (exact) mass is 710 g/mol. The van der Waals surface area contributed by atoms with Crippen molar-refractivity contribution < 1.29 is 17.6 Å². The van der Waals surface area contributed by atoms with Gasteiger partial charge in [0, 0.05) is 85.9 Å². The zero-order valence-corrected chi connectivity index (χ0v) is 29.9. The van der Waals surface area contributed by atoms with Crippen LogP contribution < -0.4 is 5.32 Å². The fourth-order valence-corrected chi connectivity index (χ4v) is 8.55. The van der Waals surface area contributed by atoms with Crippen molar-refractivity contribution in [3.63, 3.8) is 0 Å². The molecule has 3 aromatic heterocycles. The number of nitrogens with one attached hydrogen (secondary N) is 1. The van der Waals surface area contributed by atoms with Crippen LogP contribution in [0.5, 0.6) is 0 Å². The van der Waals surface area contributed by atoms with Crippen molar-refractivity contribution >= 4 is 38.3 Å². The van der Waals surface area contributed by atoms with Crippen LogP contribution in [0.2, 0.25) is 0 Å². The number of rotatable bonds is 12. The number of halogens is 4. The van der Waals surface area contributed by atoms with Gasteiger partial charge in [-0.05, 0) is 75.8 Å². The molecule has 1 N–H and O–H groups in total. The SMILES string of the molecule is C/C=C(\CCCF)N1CCN([C@@H](C)Cn2c(C#N)cc3c(C)c(CN4CCC(Nc5ncnc6sc(CC(F)(F)F)cc56)CC4)ccc32)CC1. The minimum Gasteiger partial charge on any atom is -0.373 e. The summed E-state index contributed by atoms with van der Waals surface area (Å²) in [6.45, 7) is 13.2. The van der Waals surface area contributed by atoms with Gasteiger partial charge in [-0.2, -0.15) is 18.4 Å². The number of nitriles is 1. The Morgan fingerprint density at radius 1 is 1.10 bits per heavy atom. The molecule has 5 heterocycles. The van der Waals surface area contributed by atoms with Crippen molar-refractivity contribution in [1.82, 2.24) is 29.2 Å². The van der Waals surface area contributed by atoms with Gasteiger partial charge in [-0.15, -0.1) is 11.3 Å². The number of fused-ring (bicyclic) bond motifs is 2. The van der Waals surface area contributed by atoms with E-state index in [4.69, 9.17) is 0 Å². The molecule has 2 aliphatic rings. The van der Waals surface area contributed by atoms with Crippen LogP contribution >= 0.6 is 11.3 Å². The number of piperazine rings is 1. The molecule has 2 saturated heterocycles. The highest BCUT2D eigenvalue weighted by Crippen LogP contribution is 2.34. The molecule has 2 fully saturated rings. The maximum Gasteiger partial charge on any atom is 0.393 e. The highest BCUT2D eigenvalue weighted by molar-refractivity contribution is 7.18. The second-order valence-electron chi connectivity index (χ2n) is 13.6. The molecule has 0 radical (unpaired) electrons. The number of hydrogen-bond acceptors (Lipinski definition) is 8. The molecule has 6 rings (SSSR count). The van der Waals surface area contributed by atoms with Crippen LogP contribution in [0.15, 0.2) is 42.4 Å². The number of alkyl halides is 4. The molecule has 0 saturated carbocycles. The maximum absolute atomic E-state index is 13.0. The third kappa shape index (κ3) is 8.24. The Morgan fingerprint density at radius 3 is 2.54 bits per heavy atom.